The Bertz CT molecular complexity index is 589. The minimum atomic E-state index is -1.01. The fourth-order valence-corrected chi connectivity index (χ4v) is 2.14. The number of aliphatic hydroxyl groups excluding tert-OH is 1. The van der Waals surface area contributed by atoms with Crippen molar-refractivity contribution in [2.75, 3.05) is 11.9 Å². The maximum absolute atomic E-state index is 11.9. The first-order valence-electron chi connectivity index (χ1n) is 6.18. The van der Waals surface area contributed by atoms with Crippen molar-refractivity contribution in [3.63, 3.8) is 0 Å². The summed E-state index contributed by atoms with van der Waals surface area (Å²) in [6.07, 6.45) is 4.84. The molecule has 0 aliphatic heterocycles. The Hall–Kier alpha value is -2.32. The highest BCUT2D eigenvalue weighted by Gasteiger charge is 2.20. The molecule has 2 aromatic heterocycles. The normalized spacial score (nSPS) is 11.7. The molecule has 0 aliphatic rings. The van der Waals surface area contributed by atoms with E-state index in [1.807, 2.05) is 0 Å². The van der Waals surface area contributed by atoms with E-state index in [0.29, 0.717) is 5.13 Å². The number of anilines is 1. The number of nitrogens with zero attached hydrogens (tertiary/aromatic N) is 2. The molecule has 0 aliphatic carbocycles. The summed E-state index contributed by atoms with van der Waals surface area (Å²) in [7, 11) is 0. The molecule has 8 heteroatoms. The van der Waals surface area contributed by atoms with Crippen LogP contribution in [0.25, 0.3) is 0 Å². The van der Waals surface area contributed by atoms with Crippen LogP contribution in [0.3, 0.4) is 0 Å². The van der Waals surface area contributed by atoms with Crippen LogP contribution < -0.4 is 10.6 Å². The van der Waals surface area contributed by atoms with Crippen LogP contribution in [0.5, 0.6) is 0 Å². The van der Waals surface area contributed by atoms with Crippen molar-refractivity contribution in [1.82, 2.24) is 15.3 Å². The van der Waals surface area contributed by atoms with E-state index in [0.717, 1.165) is 5.56 Å². The molecule has 110 valence electrons. The number of aliphatic hydroxyl groups is 1. The van der Waals surface area contributed by atoms with E-state index in [-0.39, 0.29) is 12.3 Å². The van der Waals surface area contributed by atoms with Gasteiger partial charge in [-0.15, -0.1) is 11.3 Å². The molecule has 0 bridgehead atoms. The van der Waals surface area contributed by atoms with E-state index >= 15 is 0 Å². The van der Waals surface area contributed by atoms with Crippen LogP contribution in [0.15, 0.2) is 36.1 Å². The van der Waals surface area contributed by atoms with Crippen LogP contribution in [-0.2, 0) is 16.0 Å². The number of thiazole rings is 1. The Morgan fingerprint density at radius 2 is 2.05 bits per heavy atom. The molecule has 0 fully saturated rings. The summed E-state index contributed by atoms with van der Waals surface area (Å²) in [4.78, 5) is 31.5. The fourth-order valence-electron chi connectivity index (χ4n) is 1.60. The highest BCUT2D eigenvalue weighted by molar-refractivity contribution is 7.13. The molecule has 0 spiro atoms. The van der Waals surface area contributed by atoms with Crippen LogP contribution in [0.4, 0.5) is 5.13 Å². The van der Waals surface area contributed by atoms with Crippen LogP contribution in [-0.4, -0.2) is 39.5 Å². The van der Waals surface area contributed by atoms with Gasteiger partial charge in [0.1, 0.15) is 6.04 Å². The Labute approximate surface area is 125 Å². The Morgan fingerprint density at radius 1 is 1.29 bits per heavy atom. The van der Waals surface area contributed by atoms with E-state index in [2.05, 4.69) is 20.6 Å². The van der Waals surface area contributed by atoms with Gasteiger partial charge in [-0.25, -0.2) is 4.98 Å². The minimum Gasteiger partial charge on any atom is -0.394 e. The maximum Gasteiger partial charge on any atom is 0.251 e. The minimum absolute atomic E-state index is 0.115. The lowest BCUT2D eigenvalue weighted by atomic mass is 10.2. The van der Waals surface area contributed by atoms with Gasteiger partial charge >= 0.3 is 0 Å². The molecule has 0 aromatic carbocycles. The van der Waals surface area contributed by atoms with E-state index in [1.165, 1.54) is 11.3 Å². The van der Waals surface area contributed by atoms with E-state index in [9.17, 15) is 14.7 Å². The van der Waals surface area contributed by atoms with Crippen LogP contribution in [0, 0.1) is 0 Å². The van der Waals surface area contributed by atoms with Crippen molar-refractivity contribution < 1.29 is 14.7 Å². The summed E-state index contributed by atoms with van der Waals surface area (Å²) in [5.41, 5.74) is 0.777. The third kappa shape index (κ3) is 4.62. The third-order valence-corrected chi connectivity index (χ3v) is 3.30. The number of carbonyl (C=O) groups is 2. The van der Waals surface area contributed by atoms with Crippen LogP contribution >= 0.6 is 11.3 Å². The van der Waals surface area contributed by atoms with Gasteiger partial charge in [-0.1, -0.05) is 0 Å². The molecule has 0 saturated carbocycles. The molecule has 2 amide bonds. The summed E-state index contributed by atoms with van der Waals surface area (Å²) in [6.45, 7) is -0.487. The van der Waals surface area contributed by atoms with Gasteiger partial charge in [0.05, 0.1) is 13.0 Å². The summed E-state index contributed by atoms with van der Waals surface area (Å²) >= 11 is 1.26. The predicted octanol–water partition coefficient (Wildman–Crippen LogP) is 0.196. The van der Waals surface area contributed by atoms with Crippen molar-refractivity contribution in [2.45, 2.75) is 12.5 Å². The van der Waals surface area contributed by atoms with Gasteiger partial charge in [0, 0.05) is 24.0 Å². The number of hydrogen-bond donors (Lipinski definition) is 3. The lowest BCUT2D eigenvalue weighted by Crippen LogP contribution is -2.46. The molecule has 1 atom stereocenters. The van der Waals surface area contributed by atoms with E-state index in [4.69, 9.17) is 0 Å². The average molecular weight is 306 g/mol. The first-order valence-corrected chi connectivity index (χ1v) is 7.06. The largest absolute Gasteiger partial charge is 0.394 e. The monoisotopic (exact) mass is 306 g/mol. The molecule has 3 N–H and O–H groups in total. The zero-order valence-corrected chi connectivity index (χ0v) is 11.8. The van der Waals surface area contributed by atoms with Gasteiger partial charge in [-0.3, -0.25) is 14.6 Å². The number of rotatable bonds is 6. The molecular formula is C13H14N4O3S. The molecule has 0 radical (unpaired) electrons. The second kappa shape index (κ2) is 7.46. The number of nitrogens with one attached hydrogen (secondary N) is 2. The SMILES string of the molecule is O=C(Cc1ccncc1)N[C@@H](CO)C(=O)Nc1nccs1. The number of aromatic nitrogens is 2. The zero-order chi connectivity index (χ0) is 15.1. The number of amides is 2. The molecule has 0 unspecified atom stereocenters. The van der Waals surface area contributed by atoms with E-state index < -0.39 is 18.6 Å². The lowest BCUT2D eigenvalue weighted by Gasteiger charge is -2.15. The highest BCUT2D eigenvalue weighted by Crippen LogP contribution is 2.10. The topological polar surface area (TPSA) is 104 Å². The van der Waals surface area contributed by atoms with Gasteiger partial charge in [-0.05, 0) is 17.7 Å². The summed E-state index contributed by atoms with van der Waals surface area (Å²) in [6, 6.07) is 2.41. The van der Waals surface area contributed by atoms with Gasteiger partial charge in [0.15, 0.2) is 5.13 Å². The van der Waals surface area contributed by atoms with Crippen molar-refractivity contribution in [3.05, 3.63) is 41.7 Å². The summed E-state index contributed by atoms with van der Waals surface area (Å²) < 4.78 is 0. The third-order valence-electron chi connectivity index (χ3n) is 2.61. The second-order valence-corrected chi connectivity index (χ2v) is 5.06. The molecular weight excluding hydrogens is 292 g/mol. The number of pyridine rings is 1. The second-order valence-electron chi connectivity index (χ2n) is 4.16. The molecule has 21 heavy (non-hydrogen) atoms. The Morgan fingerprint density at radius 3 is 2.67 bits per heavy atom. The van der Waals surface area contributed by atoms with Crippen molar-refractivity contribution in [2.24, 2.45) is 0 Å². The smallest absolute Gasteiger partial charge is 0.251 e. The molecule has 2 heterocycles. The molecule has 2 aromatic rings. The highest BCUT2D eigenvalue weighted by atomic mass is 32.1. The zero-order valence-electron chi connectivity index (χ0n) is 11.0. The molecule has 0 saturated heterocycles. The molecule has 2 rings (SSSR count). The van der Waals surface area contributed by atoms with Crippen molar-refractivity contribution >= 4 is 28.3 Å². The average Bonchev–Trinajstić information content (AvgIpc) is 2.98. The van der Waals surface area contributed by atoms with Crippen LogP contribution in [0.1, 0.15) is 5.56 Å². The standard InChI is InChI=1S/C13H14N4O3S/c18-8-10(12(20)17-13-15-5-6-21-13)16-11(19)7-9-1-3-14-4-2-9/h1-6,10,18H,7-8H2,(H,16,19)(H,15,17,20)/t10-/m0/s1. The molecule has 7 nitrogen and oxygen atoms in total. The maximum atomic E-state index is 11.9. The van der Waals surface area contributed by atoms with Gasteiger partial charge in [0.25, 0.3) is 5.91 Å². The lowest BCUT2D eigenvalue weighted by molar-refractivity contribution is -0.126. The van der Waals surface area contributed by atoms with Gasteiger partial charge in [-0.2, -0.15) is 0 Å². The van der Waals surface area contributed by atoms with Gasteiger partial charge < -0.3 is 15.7 Å². The fraction of sp³-hybridized carbons (Fsp3) is 0.231. The quantitative estimate of drug-likeness (QED) is 0.707. The number of hydrogen-bond acceptors (Lipinski definition) is 6. The van der Waals surface area contributed by atoms with E-state index in [1.54, 1.807) is 36.1 Å². The van der Waals surface area contributed by atoms with Gasteiger partial charge in [0.2, 0.25) is 5.91 Å². The first kappa shape index (κ1) is 15.1. The Balaban J connectivity index is 1.89. The predicted molar refractivity (Wildman–Crippen MR) is 77.7 cm³/mol. The van der Waals surface area contributed by atoms with Crippen LogP contribution in [0.2, 0.25) is 0 Å². The Kier molecular flexibility index (Phi) is 5.35. The summed E-state index contributed by atoms with van der Waals surface area (Å²) in [5.74, 6) is -0.856. The van der Waals surface area contributed by atoms with Crippen molar-refractivity contribution in [3.8, 4) is 0 Å². The first-order chi connectivity index (χ1) is 10.2. The number of carbonyl (C=O) groups excluding carboxylic acids is 2. The van der Waals surface area contributed by atoms with Crippen molar-refractivity contribution in [1.29, 1.82) is 0 Å². The summed E-state index contributed by atoms with van der Waals surface area (Å²) in [5, 5.41) is 16.4.